The number of carbonyl (C=O) groups excluding carboxylic acids is 2. The second-order valence-electron chi connectivity index (χ2n) is 11.6. The Morgan fingerprint density at radius 3 is 2.20 bits per heavy atom. The van der Waals surface area contributed by atoms with Gasteiger partial charge in [0.2, 0.25) is 5.91 Å². The van der Waals surface area contributed by atoms with Crippen LogP contribution in [-0.4, -0.2) is 75.5 Å². The summed E-state index contributed by atoms with van der Waals surface area (Å²) in [5.74, 6) is -2.22. The van der Waals surface area contributed by atoms with Crippen LogP contribution in [0, 0.1) is 0 Å². The van der Waals surface area contributed by atoms with E-state index in [4.69, 9.17) is 9.84 Å². The van der Waals surface area contributed by atoms with E-state index in [0.29, 0.717) is 11.3 Å². The van der Waals surface area contributed by atoms with Crippen molar-refractivity contribution in [1.29, 1.82) is 0 Å². The molecule has 3 atom stereocenters. The van der Waals surface area contributed by atoms with Crippen molar-refractivity contribution in [2.24, 2.45) is 0 Å². The number of aliphatic carboxylic acids is 1. The minimum Gasteiger partial charge on any atom is -0.489 e. The second kappa shape index (κ2) is 17.0. The van der Waals surface area contributed by atoms with Crippen LogP contribution in [-0.2, 0) is 30.3 Å². The van der Waals surface area contributed by atoms with Crippen LogP contribution in [0.2, 0.25) is 0 Å². The van der Waals surface area contributed by atoms with E-state index in [9.17, 15) is 44.8 Å². The average molecular weight is 742 g/mol. The lowest BCUT2D eigenvalue weighted by atomic mass is 10.0. The van der Waals surface area contributed by atoms with Crippen LogP contribution < -0.4 is 20.3 Å². The molecule has 1 fully saturated rings. The first-order valence-corrected chi connectivity index (χ1v) is 17.4. The van der Waals surface area contributed by atoms with Crippen LogP contribution in [0.1, 0.15) is 53.7 Å². The molecule has 276 valence electrons. The number of carboxylic acid groups (broad SMARTS) is 1. The molecular formula is C34H36F5N3O8S. The van der Waals surface area contributed by atoms with E-state index in [1.807, 2.05) is 0 Å². The molecule has 3 aromatic carbocycles. The zero-order valence-corrected chi connectivity index (χ0v) is 28.1. The third-order valence-corrected chi connectivity index (χ3v) is 9.86. The van der Waals surface area contributed by atoms with Crippen LogP contribution >= 0.6 is 0 Å². The number of benzene rings is 3. The highest BCUT2D eigenvalue weighted by molar-refractivity contribution is 7.91. The molecular weight excluding hydrogens is 705 g/mol. The van der Waals surface area contributed by atoms with Crippen molar-refractivity contribution >= 4 is 33.3 Å². The van der Waals surface area contributed by atoms with Gasteiger partial charge in [-0.3, -0.25) is 14.4 Å². The monoisotopic (exact) mass is 741 g/mol. The van der Waals surface area contributed by atoms with E-state index in [0.717, 1.165) is 12.1 Å². The molecule has 0 aromatic heterocycles. The number of sulfone groups is 1. The topological polar surface area (TPSA) is 151 Å². The summed E-state index contributed by atoms with van der Waals surface area (Å²) in [4.78, 5) is 38.7. The van der Waals surface area contributed by atoms with Crippen LogP contribution in [0.15, 0.2) is 77.7 Å². The van der Waals surface area contributed by atoms with E-state index in [2.05, 4.69) is 15.4 Å². The van der Waals surface area contributed by atoms with Crippen molar-refractivity contribution < 1.29 is 59.3 Å². The smallest absolute Gasteiger partial charge is 0.416 e. The lowest BCUT2D eigenvalue weighted by Gasteiger charge is -2.26. The Balaban J connectivity index is 1.49. The first-order valence-electron chi connectivity index (χ1n) is 15.8. The zero-order chi connectivity index (χ0) is 37.3. The summed E-state index contributed by atoms with van der Waals surface area (Å²) in [6, 6.07) is 14.4. The third kappa shape index (κ3) is 11.1. The minimum absolute atomic E-state index is 0.0616. The molecule has 0 spiro atoms. The number of carbonyl (C=O) groups is 3. The lowest BCUT2D eigenvalue weighted by Crippen LogP contribution is -2.35. The summed E-state index contributed by atoms with van der Waals surface area (Å²) in [5, 5.41) is 14.1. The summed E-state index contributed by atoms with van der Waals surface area (Å²) in [7, 11) is -3.52. The number of amides is 2. The Morgan fingerprint density at radius 1 is 0.980 bits per heavy atom. The molecule has 11 nitrogen and oxygen atoms in total. The van der Waals surface area contributed by atoms with Crippen molar-refractivity contribution in [3.8, 4) is 5.75 Å². The van der Waals surface area contributed by atoms with E-state index in [-0.39, 0.29) is 60.9 Å². The van der Waals surface area contributed by atoms with Gasteiger partial charge in [-0.2, -0.15) is 22.0 Å². The van der Waals surface area contributed by atoms with Gasteiger partial charge in [-0.05, 0) is 66.2 Å². The Labute approximate surface area is 290 Å². The number of hydrogen-bond acceptors (Lipinski definition) is 8. The Morgan fingerprint density at radius 2 is 1.63 bits per heavy atom. The van der Waals surface area contributed by atoms with Gasteiger partial charge in [-0.1, -0.05) is 19.1 Å². The van der Waals surface area contributed by atoms with Gasteiger partial charge in [0, 0.05) is 24.2 Å². The van der Waals surface area contributed by atoms with Crippen molar-refractivity contribution in [2.75, 3.05) is 30.3 Å². The van der Waals surface area contributed by atoms with Gasteiger partial charge in [0.25, 0.3) is 5.91 Å². The number of hydrogen-bond donors (Lipinski definition) is 3. The number of carboxylic acids is 1. The Bertz CT molecular complexity index is 1760. The highest BCUT2D eigenvalue weighted by atomic mass is 32.2. The number of nitrogens with one attached hydrogen (secondary N) is 2. The molecule has 1 aliphatic rings. The molecule has 4 rings (SSSR count). The van der Waals surface area contributed by atoms with Crippen LogP contribution in [0.5, 0.6) is 5.75 Å². The fraction of sp³-hybridized carbons (Fsp3) is 0.382. The van der Waals surface area contributed by atoms with Crippen LogP contribution in [0.25, 0.3) is 0 Å². The number of nitrogens with zero attached hydrogens (tertiary/aromatic N) is 1. The van der Waals surface area contributed by atoms with E-state index < -0.39 is 64.2 Å². The maximum absolute atomic E-state index is 13.4. The van der Waals surface area contributed by atoms with Gasteiger partial charge in [0.1, 0.15) is 11.9 Å². The van der Waals surface area contributed by atoms with Crippen LogP contribution in [0.4, 0.5) is 27.6 Å². The van der Waals surface area contributed by atoms with Gasteiger partial charge in [0.15, 0.2) is 9.84 Å². The predicted octanol–water partition coefficient (Wildman–Crippen LogP) is 5.22. The molecule has 1 heterocycles. The minimum atomic E-state index is -4.52. The summed E-state index contributed by atoms with van der Waals surface area (Å²) >= 11 is 0. The molecule has 2 amide bonds. The largest absolute Gasteiger partial charge is 0.489 e. The molecule has 17 heteroatoms. The maximum Gasteiger partial charge on any atom is 0.416 e. The molecule has 3 aromatic rings. The standard InChI is InChI=1S/C34H36F5N3O8S/c1-2-51(47,48)28-13-5-21(6-14-28)29(18-30(43)40-16-15-31(44)45)41-32(46)22-3-9-24(10-4-22)42-19-27(17-25(42)20-49-33(35)36)50-26-11-7-23(8-12-26)34(37,38)39/h3-14,25,27,29,33H,2,15-20H2,1H3,(H,40,43)(H,41,46)(H,44,45)/t25-,27-,29-/m0/s1. The number of rotatable bonds is 16. The summed E-state index contributed by atoms with van der Waals surface area (Å²) in [6.45, 7) is -1.88. The number of halogens is 5. The van der Waals surface area contributed by atoms with Crippen molar-refractivity contribution in [1.82, 2.24) is 10.6 Å². The molecule has 51 heavy (non-hydrogen) atoms. The Kier molecular flexibility index (Phi) is 13.0. The van der Waals surface area contributed by atoms with Gasteiger partial charge in [0.05, 0.1) is 54.3 Å². The second-order valence-corrected chi connectivity index (χ2v) is 13.9. The zero-order valence-electron chi connectivity index (χ0n) is 27.2. The van der Waals surface area contributed by atoms with Crippen molar-refractivity contribution in [2.45, 2.75) is 62.1 Å². The Hall–Kier alpha value is -4.77. The van der Waals surface area contributed by atoms with Gasteiger partial charge >= 0.3 is 18.8 Å². The third-order valence-electron chi connectivity index (χ3n) is 8.11. The summed E-state index contributed by atoms with van der Waals surface area (Å²) < 4.78 is 99.7. The molecule has 0 radical (unpaired) electrons. The fourth-order valence-corrected chi connectivity index (χ4v) is 6.35. The average Bonchev–Trinajstić information content (AvgIpc) is 3.49. The molecule has 0 bridgehead atoms. The fourth-order valence-electron chi connectivity index (χ4n) is 5.47. The van der Waals surface area contributed by atoms with Gasteiger partial charge < -0.3 is 30.1 Å². The quantitative estimate of drug-likeness (QED) is 0.168. The van der Waals surface area contributed by atoms with Crippen molar-refractivity contribution in [3.05, 3.63) is 89.5 Å². The number of alkyl halides is 5. The number of anilines is 1. The highest BCUT2D eigenvalue weighted by Crippen LogP contribution is 2.33. The summed E-state index contributed by atoms with van der Waals surface area (Å²) in [6.07, 6.45) is -5.49. The summed E-state index contributed by atoms with van der Waals surface area (Å²) in [5.41, 5.74) is 0.259. The van der Waals surface area contributed by atoms with Crippen LogP contribution in [0.3, 0.4) is 0 Å². The first kappa shape index (κ1) is 39.0. The van der Waals surface area contributed by atoms with E-state index in [1.165, 1.54) is 55.5 Å². The van der Waals surface area contributed by atoms with Gasteiger partial charge in [-0.25, -0.2) is 8.42 Å². The highest BCUT2D eigenvalue weighted by Gasteiger charge is 2.35. The van der Waals surface area contributed by atoms with Crippen molar-refractivity contribution in [3.63, 3.8) is 0 Å². The molecule has 0 saturated carbocycles. The molecule has 0 unspecified atom stereocenters. The lowest BCUT2D eigenvalue weighted by molar-refractivity contribution is -0.138. The SMILES string of the molecule is CCS(=O)(=O)c1ccc([C@H](CC(=O)NCCC(=O)O)NC(=O)c2ccc(N3C[C@@H](Oc4ccc(C(F)(F)F)cc4)C[C@H]3COC(F)F)cc2)cc1. The molecule has 1 aliphatic heterocycles. The maximum atomic E-state index is 13.4. The normalized spacial score (nSPS) is 16.9. The molecule has 1 saturated heterocycles. The molecule has 3 N–H and O–H groups in total. The van der Waals surface area contributed by atoms with E-state index in [1.54, 1.807) is 17.0 Å². The molecule has 0 aliphatic carbocycles. The first-order chi connectivity index (χ1) is 24.0. The number of ether oxygens (including phenoxy) is 2. The van der Waals surface area contributed by atoms with Gasteiger partial charge in [-0.15, -0.1) is 0 Å². The predicted molar refractivity (Wildman–Crippen MR) is 174 cm³/mol. The van der Waals surface area contributed by atoms with E-state index >= 15 is 0 Å².